The van der Waals surface area contributed by atoms with Crippen molar-refractivity contribution < 1.29 is 0 Å². The fraction of sp³-hybridized carbons (Fsp3) is 0.250. The molecule has 0 saturated heterocycles. The third kappa shape index (κ3) is 4.13. The van der Waals surface area contributed by atoms with E-state index in [-0.39, 0.29) is 0 Å². The SMILES string of the molecule is CC(CNc1ccccc1)CNc1ccccc1. The highest BCUT2D eigenvalue weighted by atomic mass is 14.9. The second kappa shape index (κ2) is 6.70. The zero-order valence-electron chi connectivity index (χ0n) is 10.8. The number of para-hydroxylation sites is 2. The van der Waals surface area contributed by atoms with Gasteiger partial charge in [-0.2, -0.15) is 0 Å². The molecular weight excluding hydrogens is 220 g/mol. The molecule has 0 unspecified atom stereocenters. The predicted octanol–water partition coefficient (Wildman–Crippen LogP) is 3.85. The lowest BCUT2D eigenvalue weighted by molar-refractivity contribution is 0.649. The Balaban J connectivity index is 1.71. The normalized spacial score (nSPS) is 10.3. The maximum Gasteiger partial charge on any atom is 0.0340 e. The van der Waals surface area contributed by atoms with Crippen LogP contribution in [0.4, 0.5) is 11.4 Å². The quantitative estimate of drug-likeness (QED) is 0.801. The molecule has 2 aromatic rings. The lowest BCUT2D eigenvalue weighted by Gasteiger charge is -2.15. The number of anilines is 2. The molecule has 0 aliphatic rings. The molecule has 18 heavy (non-hydrogen) atoms. The minimum absolute atomic E-state index is 0.574. The van der Waals surface area contributed by atoms with E-state index < -0.39 is 0 Å². The van der Waals surface area contributed by atoms with E-state index in [1.807, 2.05) is 12.1 Å². The third-order valence-corrected chi connectivity index (χ3v) is 2.86. The van der Waals surface area contributed by atoms with Crippen molar-refractivity contribution >= 4 is 11.4 Å². The Morgan fingerprint density at radius 3 is 1.50 bits per heavy atom. The first-order valence-electron chi connectivity index (χ1n) is 6.42. The van der Waals surface area contributed by atoms with E-state index in [1.54, 1.807) is 0 Å². The van der Waals surface area contributed by atoms with Gasteiger partial charge in [0, 0.05) is 24.5 Å². The van der Waals surface area contributed by atoms with E-state index in [0.717, 1.165) is 13.1 Å². The summed E-state index contributed by atoms with van der Waals surface area (Å²) in [6.45, 7) is 4.19. The van der Waals surface area contributed by atoms with Crippen molar-refractivity contribution in [1.29, 1.82) is 0 Å². The first kappa shape index (κ1) is 12.5. The van der Waals surface area contributed by atoms with Gasteiger partial charge in [0.1, 0.15) is 0 Å². The Morgan fingerprint density at radius 2 is 1.11 bits per heavy atom. The van der Waals surface area contributed by atoms with Crippen molar-refractivity contribution in [3.8, 4) is 0 Å². The monoisotopic (exact) mass is 240 g/mol. The van der Waals surface area contributed by atoms with Crippen LogP contribution in [0.15, 0.2) is 60.7 Å². The van der Waals surface area contributed by atoms with Gasteiger partial charge in [0.15, 0.2) is 0 Å². The van der Waals surface area contributed by atoms with Gasteiger partial charge in [-0.05, 0) is 30.2 Å². The standard InChI is InChI=1S/C16H20N2/c1-14(12-17-15-8-4-2-5-9-15)13-18-16-10-6-3-7-11-16/h2-11,14,17-18H,12-13H2,1H3. The van der Waals surface area contributed by atoms with Gasteiger partial charge >= 0.3 is 0 Å². The van der Waals surface area contributed by atoms with Gasteiger partial charge in [0.05, 0.1) is 0 Å². The van der Waals surface area contributed by atoms with Gasteiger partial charge in [0.25, 0.3) is 0 Å². The zero-order valence-corrected chi connectivity index (χ0v) is 10.8. The molecule has 2 aromatic carbocycles. The summed E-state index contributed by atoms with van der Waals surface area (Å²) >= 11 is 0. The molecule has 0 bridgehead atoms. The highest BCUT2D eigenvalue weighted by molar-refractivity contribution is 5.43. The Morgan fingerprint density at radius 1 is 0.722 bits per heavy atom. The summed E-state index contributed by atoms with van der Waals surface area (Å²) in [5.41, 5.74) is 2.37. The number of benzene rings is 2. The third-order valence-electron chi connectivity index (χ3n) is 2.86. The Labute approximate surface area is 109 Å². The van der Waals surface area contributed by atoms with Crippen LogP contribution in [0.5, 0.6) is 0 Å². The van der Waals surface area contributed by atoms with Gasteiger partial charge in [-0.3, -0.25) is 0 Å². The van der Waals surface area contributed by atoms with Crippen molar-refractivity contribution in [2.75, 3.05) is 23.7 Å². The van der Waals surface area contributed by atoms with Crippen LogP contribution in [-0.4, -0.2) is 13.1 Å². The van der Waals surface area contributed by atoms with Gasteiger partial charge in [-0.15, -0.1) is 0 Å². The number of nitrogens with one attached hydrogen (secondary N) is 2. The van der Waals surface area contributed by atoms with E-state index in [0.29, 0.717) is 5.92 Å². The average molecular weight is 240 g/mol. The lowest BCUT2D eigenvalue weighted by Crippen LogP contribution is -2.19. The summed E-state index contributed by atoms with van der Waals surface area (Å²) in [4.78, 5) is 0. The Kier molecular flexibility index (Phi) is 4.65. The Bertz CT molecular complexity index is 396. The van der Waals surface area contributed by atoms with Gasteiger partial charge in [0.2, 0.25) is 0 Å². The molecule has 0 atom stereocenters. The molecule has 0 saturated carbocycles. The zero-order chi connectivity index (χ0) is 12.6. The summed E-state index contributed by atoms with van der Waals surface area (Å²) in [6.07, 6.45) is 0. The first-order valence-corrected chi connectivity index (χ1v) is 6.42. The molecule has 0 spiro atoms. The maximum absolute atomic E-state index is 3.44. The van der Waals surface area contributed by atoms with Crippen LogP contribution in [0, 0.1) is 5.92 Å². The molecule has 0 heterocycles. The fourth-order valence-electron chi connectivity index (χ4n) is 1.77. The van der Waals surface area contributed by atoms with Crippen LogP contribution in [0.1, 0.15) is 6.92 Å². The topological polar surface area (TPSA) is 24.1 Å². The van der Waals surface area contributed by atoms with Crippen LogP contribution < -0.4 is 10.6 Å². The van der Waals surface area contributed by atoms with Crippen LogP contribution in [-0.2, 0) is 0 Å². The summed E-state index contributed by atoms with van der Waals surface area (Å²) < 4.78 is 0. The minimum Gasteiger partial charge on any atom is -0.385 e. The van der Waals surface area contributed by atoms with Crippen LogP contribution in [0.2, 0.25) is 0 Å². The van der Waals surface area contributed by atoms with E-state index >= 15 is 0 Å². The summed E-state index contributed by atoms with van der Waals surface area (Å²) in [5.74, 6) is 0.574. The summed E-state index contributed by atoms with van der Waals surface area (Å²) in [5, 5.41) is 6.88. The second-order valence-corrected chi connectivity index (χ2v) is 4.60. The van der Waals surface area contributed by atoms with Crippen molar-refractivity contribution in [2.45, 2.75) is 6.92 Å². The molecule has 0 aliphatic carbocycles. The highest BCUT2D eigenvalue weighted by Gasteiger charge is 2.01. The van der Waals surface area contributed by atoms with E-state index in [1.165, 1.54) is 11.4 Å². The molecular formula is C16H20N2. The molecule has 0 amide bonds. The van der Waals surface area contributed by atoms with Crippen molar-refractivity contribution in [3.05, 3.63) is 60.7 Å². The van der Waals surface area contributed by atoms with Crippen molar-refractivity contribution in [3.63, 3.8) is 0 Å². The molecule has 2 heteroatoms. The van der Waals surface area contributed by atoms with Crippen LogP contribution in [0.25, 0.3) is 0 Å². The molecule has 0 radical (unpaired) electrons. The van der Waals surface area contributed by atoms with E-state index in [4.69, 9.17) is 0 Å². The second-order valence-electron chi connectivity index (χ2n) is 4.60. The number of hydrogen-bond donors (Lipinski definition) is 2. The molecule has 2 N–H and O–H groups in total. The molecule has 2 rings (SSSR count). The largest absolute Gasteiger partial charge is 0.385 e. The van der Waals surface area contributed by atoms with Crippen LogP contribution >= 0.6 is 0 Å². The fourth-order valence-corrected chi connectivity index (χ4v) is 1.77. The van der Waals surface area contributed by atoms with Gasteiger partial charge in [-0.25, -0.2) is 0 Å². The smallest absolute Gasteiger partial charge is 0.0340 e. The summed E-state index contributed by atoms with van der Waals surface area (Å²) in [7, 11) is 0. The van der Waals surface area contributed by atoms with E-state index in [9.17, 15) is 0 Å². The van der Waals surface area contributed by atoms with Crippen LogP contribution in [0.3, 0.4) is 0 Å². The molecule has 2 nitrogen and oxygen atoms in total. The molecule has 0 fully saturated rings. The number of hydrogen-bond acceptors (Lipinski definition) is 2. The predicted molar refractivity (Wildman–Crippen MR) is 79.0 cm³/mol. The van der Waals surface area contributed by atoms with Gasteiger partial charge in [-0.1, -0.05) is 43.3 Å². The summed E-state index contributed by atoms with van der Waals surface area (Å²) in [6, 6.07) is 20.6. The molecule has 0 aliphatic heterocycles. The molecule has 0 aromatic heterocycles. The maximum atomic E-state index is 3.44. The highest BCUT2D eigenvalue weighted by Crippen LogP contribution is 2.08. The van der Waals surface area contributed by atoms with E-state index in [2.05, 4.69) is 66.1 Å². The first-order chi connectivity index (χ1) is 8.84. The van der Waals surface area contributed by atoms with Crippen molar-refractivity contribution in [2.24, 2.45) is 5.92 Å². The minimum atomic E-state index is 0.574. The average Bonchev–Trinajstić information content (AvgIpc) is 2.45. The Hall–Kier alpha value is -1.96. The number of rotatable bonds is 6. The lowest BCUT2D eigenvalue weighted by atomic mass is 10.1. The molecule has 94 valence electrons. The van der Waals surface area contributed by atoms with Crippen molar-refractivity contribution in [1.82, 2.24) is 0 Å². The van der Waals surface area contributed by atoms with Gasteiger partial charge < -0.3 is 10.6 Å².